The molecule has 6 heteroatoms. The number of hydrogen-bond donors (Lipinski definition) is 1. The van der Waals surface area contributed by atoms with Crippen molar-refractivity contribution in [2.24, 2.45) is 0 Å². The molecular weight excluding hydrogens is 318 g/mol. The Balaban J connectivity index is 1.71. The molecule has 6 nitrogen and oxygen atoms in total. The summed E-state index contributed by atoms with van der Waals surface area (Å²) in [5, 5.41) is 14.5. The van der Waals surface area contributed by atoms with Gasteiger partial charge in [-0.1, -0.05) is 0 Å². The summed E-state index contributed by atoms with van der Waals surface area (Å²) >= 11 is 0. The third kappa shape index (κ3) is 2.16. The quantitative estimate of drug-likeness (QED) is 0.866. The number of rotatable bonds is 1. The zero-order valence-electron chi connectivity index (χ0n) is 15.1. The first-order valence-corrected chi connectivity index (χ1v) is 8.68. The molecule has 1 aromatic heterocycles. The minimum Gasteiger partial charge on any atom is -0.507 e. The van der Waals surface area contributed by atoms with E-state index in [1.165, 1.54) is 0 Å². The molecule has 3 heterocycles. The Morgan fingerprint density at radius 3 is 2.76 bits per heavy atom. The van der Waals surface area contributed by atoms with Gasteiger partial charge < -0.3 is 9.84 Å². The number of anilines is 1. The lowest BCUT2D eigenvalue weighted by Gasteiger charge is -2.38. The maximum absolute atomic E-state index is 13.3. The van der Waals surface area contributed by atoms with E-state index in [2.05, 4.69) is 5.10 Å². The van der Waals surface area contributed by atoms with Gasteiger partial charge in [-0.3, -0.25) is 9.69 Å². The van der Waals surface area contributed by atoms with E-state index in [0.717, 1.165) is 33.8 Å². The van der Waals surface area contributed by atoms with Crippen molar-refractivity contribution in [2.75, 3.05) is 11.4 Å². The van der Waals surface area contributed by atoms with Gasteiger partial charge in [-0.25, -0.2) is 4.68 Å². The summed E-state index contributed by atoms with van der Waals surface area (Å²) in [6, 6.07) is 1.86. The second kappa shape index (κ2) is 5.25. The molecule has 1 unspecified atom stereocenters. The Hall–Kier alpha value is -2.50. The van der Waals surface area contributed by atoms with Crippen LogP contribution in [0.1, 0.15) is 35.6 Å². The van der Waals surface area contributed by atoms with Gasteiger partial charge in [0.1, 0.15) is 17.3 Å². The third-order valence-corrected chi connectivity index (χ3v) is 5.72. The molecule has 4 rings (SSSR count). The third-order valence-electron chi connectivity index (χ3n) is 5.72. The molecule has 25 heavy (non-hydrogen) atoms. The number of aromatic nitrogens is 2. The predicted molar refractivity (Wildman–Crippen MR) is 94.3 cm³/mol. The first-order valence-electron chi connectivity index (χ1n) is 8.68. The summed E-state index contributed by atoms with van der Waals surface area (Å²) in [7, 11) is 0. The summed E-state index contributed by atoms with van der Waals surface area (Å²) in [4.78, 5) is 15.0. The van der Waals surface area contributed by atoms with Crippen LogP contribution < -0.4 is 9.64 Å². The molecule has 0 spiro atoms. The lowest BCUT2D eigenvalue weighted by molar-refractivity contribution is -0.133. The summed E-state index contributed by atoms with van der Waals surface area (Å²) in [5.74, 6) is 1.89. The van der Waals surface area contributed by atoms with Crippen LogP contribution in [0.5, 0.6) is 11.5 Å². The molecule has 1 amide bonds. The van der Waals surface area contributed by atoms with Crippen LogP contribution in [-0.2, 0) is 17.8 Å². The highest BCUT2D eigenvalue weighted by molar-refractivity contribution is 5.99. The van der Waals surface area contributed by atoms with E-state index in [-0.39, 0.29) is 5.91 Å². The fourth-order valence-electron chi connectivity index (χ4n) is 3.93. The summed E-state index contributed by atoms with van der Waals surface area (Å²) in [6.07, 6.45) is 3.02. The van der Waals surface area contributed by atoms with Crippen molar-refractivity contribution < 1.29 is 14.6 Å². The van der Waals surface area contributed by atoms with Crippen molar-refractivity contribution in [3.63, 3.8) is 0 Å². The molecule has 0 radical (unpaired) electrons. The Bertz CT molecular complexity index is 887. The van der Waals surface area contributed by atoms with Crippen molar-refractivity contribution in [1.82, 2.24) is 9.78 Å². The van der Waals surface area contributed by atoms with Crippen LogP contribution in [0, 0.1) is 20.8 Å². The first-order chi connectivity index (χ1) is 11.8. The molecule has 132 valence electrons. The number of nitrogens with zero attached hydrogens (tertiary/aromatic N) is 3. The van der Waals surface area contributed by atoms with Gasteiger partial charge in [0, 0.05) is 24.6 Å². The summed E-state index contributed by atoms with van der Waals surface area (Å²) in [6.45, 7) is 8.94. The number of phenols is 1. The Morgan fingerprint density at radius 1 is 1.24 bits per heavy atom. The SMILES string of the molecule is Cc1c(C)c2c(c(C)c1O)CCC(C)(C(=O)N1CCn3nccc31)O2. The van der Waals surface area contributed by atoms with E-state index in [9.17, 15) is 9.90 Å². The van der Waals surface area contributed by atoms with E-state index < -0.39 is 5.60 Å². The number of amides is 1. The second-order valence-electron chi connectivity index (χ2n) is 7.23. The number of aromatic hydroxyl groups is 1. The summed E-state index contributed by atoms with van der Waals surface area (Å²) in [5.41, 5.74) is 2.67. The van der Waals surface area contributed by atoms with Crippen LogP contribution in [0.2, 0.25) is 0 Å². The number of carbonyl (C=O) groups is 1. The fourth-order valence-corrected chi connectivity index (χ4v) is 3.93. The molecule has 1 N–H and O–H groups in total. The Labute approximate surface area is 147 Å². The lowest BCUT2D eigenvalue weighted by atomic mass is 9.86. The van der Waals surface area contributed by atoms with E-state index in [0.29, 0.717) is 31.7 Å². The molecule has 2 aliphatic heterocycles. The second-order valence-corrected chi connectivity index (χ2v) is 7.23. The monoisotopic (exact) mass is 341 g/mol. The average molecular weight is 341 g/mol. The maximum atomic E-state index is 13.3. The molecule has 2 aliphatic rings. The summed E-state index contributed by atoms with van der Waals surface area (Å²) < 4.78 is 8.14. The highest BCUT2D eigenvalue weighted by Gasteiger charge is 2.45. The number of fused-ring (bicyclic) bond motifs is 2. The minimum atomic E-state index is -0.910. The van der Waals surface area contributed by atoms with E-state index in [1.807, 2.05) is 38.4 Å². The van der Waals surface area contributed by atoms with Crippen LogP contribution in [-0.4, -0.2) is 32.9 Å². The van der Waals surface area contributed by atoms with Crippen molar-refractivity contribution in [2.45, 2.75) is 52.7 Å². The lowest BCUT2D eigenvalue weighted by Crippen LogP contribution is -2.52. The largest absolute Gasteiger partial charge is 0.507 e. The van der Waals surface area contributed by atoms with Crippen LogP contribution in [0.3, 0.4) is 0 Å². The van der Waals surface area contributed by atoms with Crippen LogP contribution >= 0.6 is 0 Å². The molecule has 1 atom stereocenters. The highest BCUT2D eigenvalue weighted by Crippen LogP contribution is 2.44. The molecule has 1 aromatic carbocycles. The predicted octanol–water partition coefficient (Wildman–Crippen LogP) is 2.64. The first kappa shape index (κ1) is 16.0. The van der Waals surface area contributed by atoms with Gasteiger partial charge in [0.2, 0.25) is 0 Å². The fraction of sp³-hybridized carbons (Fsp3) is 0.474. The molecule has 0 saturated heterocycles. The number of ether oxygens (including phenoxy) is 1. The van der Waals surface area contributed by atoms with E-state index in [4.69, 9.17) is 4.74 Å². The Kier molecular flexibility index (Phi) is 3.36. The highest BCUT2D eigenvalue weighted by atomic mass is 16.5. The zero-order chi connectivity index (χ0) is 17.9. The van der Waals surface area contributed by atoms with Crippen molar-refractivity contribution in [3.8, 4) is 11.5 Å². The number of benzene rings is 1. The van der Waals surface area contributed by atoms with Crippen molar-refractivity contribution >= 4 is 11.7 Å². The molecular formula is C19H23N3O3. The topological polar surface area (TPSA) is 67.6 Å². The number of carbonyl (C=O) groups excluding carboxylic acids is 1. The van der Waals surface area contributed by atoms with Gasteiger partial charge in [-0.05, 0) is 50.8 Å². The number of phenolic OH excluding ortho intramolecular Hbond substituents is 1. The van der Waals surface area contributed by atoms with Gasteiger partial charge in [-0.2, -0.15) is 5.10 Å². The van der Waals surface area contributed by atoms with Gasteiger partial charge in [-0.15, -0.1) is 0 Å². The van der Waals surface area contributed by atoms with Crippen LogP contribution in [0.4, 0.5) is 5.82 Å². The molecule has 0 bridgehead atoms. The normalized spacial score (nSPS) is 21.7. The molecule has 2 aromatic rings. The minimum absolute atomic E-state index is 0.0276. The molecule has 0 aliphatic carbocycles. The zero-order valence-corrected chi connectivity index (χ0v) is 15.1. The Morgan fingerprint density at radius 2 is 2.00 bits per heavy atom. The van der Waals surface area contributed by atoms with Gasteiger partial charge in [0.05, 0.1) is 12.7 Å². The van der Waals surface area contributed by atoms with Gasteiger partial charge in [0.25, 0.3) is 5.91 Å². The average Bonchev–Trinajstić information content (AvgIpc) is 3.21. The standard InChI is InChI=1S/C19H23N3O3/c1-11-12(2)17-14(13(3)16(11)23)5-7-19(4,25-17)18(24)21-9-10-22-15(21)6-8-20-22/h6,8,23H,5,7,9-10H2,1-4H3. The van der Waals surface area contributed by atoms with E-state index in [1.54, 1.807) is 11.1 Å². The van der Waals surface area contributed by atoms with Crippen LogP contribution in [0.25, 0.3) is 0 Å². The van der Waals surface area contributed by atoms with E-state index >= 15 is 0 Å². The van der Waals surface area contributed by atoms with Crippen molar-refractivity contribution in [1.29, 1.82) is 0 Å². The van der Waals surface area contributed by atoms with Crippen molar-refractivity contribution in [3.05, 3.63) is 34.5 Å². The molecule has 0 fully saturated rings. The smallest absolute Gasteiger partial charge is 0.272 e. The maximum Gasteiger partial charge on any atom is 0.272 e. The van der Waals surface area contributed by atoms with Gasteiger partial charge in [0.15, 0.2) is 5.60 Å². The number of hydrogen-bond acceptors (Lipinski definition) is 4. The molecule has 0 saturated carbocycles. The van der Waals surface area contributed by atoms with Crippen LogP contribution in [0.15, 0.2) is 12.3 Å². The van der Waals surface area contributed by atoms with Gasteiger partial charge >= 0.3 is 0 Å².